The lowest BCUT2D eigenvalue weighted by Crippen LogP contribution is -2.20. The molecule has 9 heteroatoms. The first-order valence-corrected chi connectivity index (χ1v) is 7.38. The smallest absolute Gasteiger partial charge is 0.426 e. The Morgan fingerprint density at radius 1 is 1.28 bits per heavy atom. The Morgan fingerprint density at radius 2 is 1.92 bits per heavy atom. The van der Waals surface area contributed by atoms with Crippen molar-refractivity contribution in [3.05, 3.63) is 41.2 Å². The highest BCUT2D eigenvalue weighted by atomic mass is 19.4. The van der Waals surface area contributed by atoms with Crippen molar-refractivity contribution in [1.29, 1.82) is 0 Å². The number of hydrogen-bond donors (Lipinski definition) is 1. The molecule has 0 aliphatic heterocycles. The SMILES string of the molecule is CCn1c(NC(=O)c2ccccc2OC(C)=O)nc(C)c1C(F)(F)F. The zero-order chi connectivity index (χ0) is 18.8. The number of anilines is 1. The number of halogens is 3. The van der Waals surface area contributed by atoms with Gasteiger partial charge in [-0.2, -0.15) is 13.2 Å². The summed E-state index contributed by atoms with van der Waals surface area (Å²) in [6.07, 6.45) is -4.59. The van der Waals surface area contributed by atoms with Crippen LogP contribution in [0.25, 0.3) is 0 Å². The summed E-state index contributed by atoms with van der Waals surface area (Å²) in [6.45, 7) is 3.88. The van der Waals surface area contributed by atoms with Crippen LogP contribution in [0.1, 0.15) is 35.6 Å². The number of nitrogens with zero attached hydrogens (tertiary/aromatic N) is 2. The Kier molecular flexibility index (Phi) is 5.15. The summed E-state index contributed by atoms with van der Waals surface area (Å²) in [5.41, 5.74) is -1.15. The molecule has 6 nitrogen and oxygen atoms in total. The Balaban J connectivity index is 2.38. The molecule has 1 N–H and O–H groups in total. The molecule has 0 aliphatic rings. The van der Waals surface area contributed by atoms with Gasteiger partial charge in [-0.25, -0.2) is 4.98 Å². The monoisotopic (exact) mass is 355 g/mol. The van der Waals surface area contributed by atoms with Gasteiger partial charge >= 0.3 is 12.1 Å². The normalized spacial score (nSPS) is 11.3. The third kappa shape index (κ3) is 3.98. The number of aryl methyl sites for hydroxylation is 1. The van der Waals surface area contributed by atoms with Crippen LogP contribution >= 0.6 is 0 Å². The fourth-order valence-corrected chi connectivity index (χ4v) is 2.40. The first kappa shape index (κ1) is 18.5. The lowest BCUT2D eigenvalue weighted by Gasteiger charge is -2.13. The molecule has 0 saturated heterocycles. The van der Waals surface area contributed by atoms with Crippen molar-refractivity contribution >= 4 is 17.8 Å². The number of esters is 1. The van der Waals surface area contributed by atoms with Gasteiger partial charge < -0.3 is 9.30 Å². The van der Waals surface area contributed by atoms with Gasteiger partial charge in [-0.3, -0.25) is 14.9 Å². The van der Waals surface area contributed by atoms with Gasteiger partial charge in [0.25, 0.3) is 5.91 Å². The van der Waals surface area contributed by atoms with Crippen LogP contribution in [0.5, 0.6) is 5.75 Å². The maximum atomic E-state index is 13.1. The van der Waals surface area contributed by atoms with E-state index in [2.05, 4.69) is 10.3 Å². The molecule has 2 aromatic rings. The molecule has 0 radical (unpaired) electrons. The second-order valence-electron chi connectivity index (χ2n) is 5.16. The van der Waals surface area contributed by atoms with E-state index in [1.165, 1.54) is 32.9 Å². The van der Waals surface area contributed by atoms with Crippen LogP contribution in [0.4, 0.5) is 19.1 Å². The standard InChI is InChI=1S/C16H16F3N3O3/c1-4-22-13(16(17,18)19)9(2)20-15(22)21-14(24)11-7-5-6-8-12(11)25-10(3)23/h5-8H,4H2,1-3H3,(H,20,21,24). The van der Waals surface area contributed by atoms with Crippen molar-refractivity contribution in [1.82, 2.24) is 9.55 Å². The molecule has 0 spiro atoms. The van der Waals surface area contributed by atoms with Crippen LogP contribution < -0.4 is 10.1 Å². The zero-order valence-electron chi connectivity index (χ0n) is 13.8. The number of carbonyl (C=O) groups is 2. The van der Waals surface area contributed by atoms with Gasteiger partial charge in [-0.05, 0) is 26.0 Å². The molecular weight excluding hydrogens is 339 g/mol. The second kappa shape index (κ2) is 6.96. The van der Waals surface area contributed by atoms with Crippen molar-refractivity contribution in [2.75, 3.05) is 5.32 Å². The minimum atomic E-state index is -4.59. The fourth-order valence-electron chi connectivity index (χ4n) is 2.40. The maximum Gasteiger partial charge on any atom is 0.433 e. The average Bonchev–Trinajstić information content (AvgIpc) is 2.82. The van der Waals surface area contributed by atoms with E-state index in [9.17, 15) is 22.8 Å². The lowest BCUT2D eigenvalue weighted by molar-refractivity contribution is -0.144. The van der Waals surface area contributed by atoms with E-state index in [4.69, 9.17) is 4.74 Å². The Hall–Kier alpha value is -2.84. The molecule has 1 aromatic carbocycles. The first-order valence-electron chi connectivity index (χ1n) is 7.38. The highest BCUT2D eigenvalue weighted by Gasteiger charge is 2.38. The number of rotatable bonds is 4. The van der Waals surface area contributed by atoms with E-state index in [0.717, 1.165) is 4.57 Å². The molecule has 2 rings (SSSR count). The van der Waals surface area contributed by atoms with Crippen LogP contribution in [-0.2, 0) is 17.5 Å². The number of hydrogen-bond acceptors (Lipinski definition) is 4. The van der Waals surface area contributed by atoms with Gasteiger partial charge in [0.15, 0.2) is 0 Å². The van der Waals surface area contributed by atoms with Gasteiger partial charge in [0.1, 0.15) is 11.4 Å². The predicted molar refractivity (Wildman–Crippen MR) is 83.3 cm³/mol. The molecule has 25 heavy (non-hydrogen) atoms. The quantitative estimate of drug-likeness (QED) is 0.674. The Bertz CT molecular complexity index is 813. The second-order valence-corrected chi connectivity index (χ2v) is 5.16. The number of ether oxygens (including phenoxy) is 1. The summed E-state index contributed by atoms with van der Waals surface area (Å²) >= 11 is 0. The van der Waals surface area contributed by atoms with E-state index < -0.39 is 23.7 Å². The summed E-state index contributed by atoms with van der Waals surface area (Å²) < 4.78 is 45.3. The van der Waals surface area contributed by atoms with Gasteiger partial charge in [-0.15, -0.1) is 0 Å². The third-order valence-corrected chi connectivity index (χ3v) is 3.34. The highest BCUT2D eigenvalue weighted by molar-refractivity contribution is 6.05. The summed E-state index contributed by atoms with van der Waals surface area (Å²) in [6, 6.07) is 5.91. The van der Waals surface area contributed by atoms with E-state index >= 15 is 0 Å². The number of benzene rings is 1. The molecule has 1 aromatic heterocycles. The van der Waals surface area contributed by atoms with Crippen molar-refractivity contribution in [2.24, 2.45) is 0 Å². The minimum absolute atomic E-state index is 0.00886. The van der Waals surface area contributed by atoms with Crippen LogP contribution in [-0.4, -0.2) is 21.4 Å². The molecule has 1 amide bonds. The minimum Gasteiger partial charge on any atom is -0.426 e. The van der Waals surface area contributed by atoms with Crippen LogP contribution in [0, 0.1) is 6.92 Å². The topological polar surface area (TPSA) is 73.2 Å². The van der Waals surface area contributed by atoms with E-state index in [1.807, 2.05) is 0 Å². The number of aromatic nitrogens is 2. The molecule has 134 valence electrons. The van der Waals surface area contributed by atoms with Gasteiger partial charge in [0.2, 0.25) is 5.95 Å². The van der Waals surface area contributed by atoms with E-state index in [0.29, 0.717) is 0 Å². The zero-order valence-corrected chi connectivity index (χ0v) is 13.8. The Morgan fingerprint density at radius 3 is 2.48 bits per heavy atom. The highest BCUT2D eigenvalue weighted by Crippen LogP contribution is 2.34. The van der Waals surface area contributed by atoms with Crippen molar-refractivity contribution < 1.29 is 27.5 Å². The molecular formula is C16H16F3N3O3. The maximum absolute atomic E-state index is 13.1. The lowest BCUT2D eigenvalue weighted by atomic mass is 10.2. The Labute approximate surface area is 141 Å². The summed E-state index contributed by atoms with van der Waals surface area (Å²) in [7, 11) is 0. The number of amides is 1. The van der Waals surface area contributed by atoms with Crippen LogP contribution in [0.3, 0.4) is 0 Å². The number of nitrogens with one attached hydrogen (secondary N) is 1. The molecule has 0 fully saturated rings. The molecule has 0 saturated carbocycles. The number of imidazole rings is 1. The van der Waals surface area contributed by atoms with Crippen molar-refractivity contribution in [3.63, 3.8) is 0 Å². The van der Waals surface area contributed by atoms with E-state index in [1.54, 1.807) is 12.1 Å². The van der Waals surface area contributed by atoms with Gasteiger partial charge in [0, 0.05) is 13.5 Å². The largest absolute Gasteiger partial charge is 0.433 e. The van der Waals surface area contributed by atoms with Crippen LogP contribution in [0.15, 0.2) is 24.3 Å². The first-order chi connectivity index (χ1) is 11.6. The van der Waals surface area contributed by atoms with E-state index in [-0.39, 0.29) is 29.5 Å². The van der Waals surface area contributed by atoms with Gasteiger partial charge in [0.05, 0.1) is 11.3 Å². The summed E-state index contributed by atoms with van der Waals surface area (Å²) in [4.78, 5) is 27.3. The van der Waals surface area contributed by atoms with Crippen LogP contribution in [0.2, 0.25) is 0 Å². The van der Waals surface area contributed by atoms with Crippen molar-refractivity contribution in [3.8, 4) is 5.75 Å². The third-order valence-electron chi connectivity index (χ3n) is 3.34. The summed E-state index contributed by atoms with van der Waals surface area (Å²) in [5, 5.41) is 2.35. The van der Waals surface area contributed by atoms with Crippen molar-refractivity contribution in [2.45, 2.75) is 33.5 Å². The molecule has 0 bridgehead atoms. The molecule has 0 aliphatic carbocycles. The number of para-hydroxylation sites is 1. The predicted octanol–water partition coefficient (Wildman–Crippen LogP) is 3.41. The fraction of sp³-hybridized carbons (Fsp3) is 0.312. The number of alkyl halides is 3. The van der Waals surface area contributed by atoms with Gasteiger partial charge in [-0.1, -0.05) is 12.1 Å². The number of carbonyl (C=O) groups excluding carboxylic acids is 2. The average molecular weight is 355 g/mol. The molecule has 0 unspecified atom stereocenters. The summed E-state index contributed by atoms with van der Waals surface area (Å²) in [5.74, 6) is -1.57. The molecule has 1 heterocycles. The molecule has 0 atom stereocenters.